The molecule has 1 N–H and O–H groups in total. The third kappa shape index (κ3) is 6.64. The van der Waals surface area contributed by atoms with Gasteiger partial charge in [-0.1, -0.05) is 30.7 Å². The van der Waals surface area contributed by atoms with E-state index >= 15 is 0 Å². The zero-order chi connectivity index (χ0) is 21.2. The average molecular weight is 413 g/mol. The summed E-state index contributed by atoms with van der Waals surface area (Å²) in [7, 11) is 4.18. The molecule has 5 nitrogen and oxygen atoms in total. The van der Waals surface area contributed by atoms with Crippen LogP contribution in [0.5, 0.6) is 23.0 Å². The minimum absolute atomic E-state index is 0.412. The van der Waals surface area contributed by atoms with E-state index in [1.165, 1.54) is 25.8 Å². The molecule has 0 aromatic heterocycles. The van der Waals surface area contributed by atoms with Crippen molar-refractivity contribution in [2.24, 2.45) is 0 Å². The van der Waals surface area contributed by atoms with Gasteiger partial charge < -0.3 is 24.4 Å². The van der Waals surface area contributed by atoms with Crippen molar-refractivity contribution in [3.8, 4) is 23.0 Å². The van der Waals surface area contributed by atoms with E-state index in [4.69, 9.17) is 14.2 Å². The fourth-order valence-corrected chi connectivity index (χ4v) is 3.73. The Morgan fingerprint density at radius 2 is 1.53 bits per heavy atom. The van der Waals surface area contributed by atoms with Crippen LogP contribution in [0.15, 0.2) is 48.5 Å². The molecule has 1 aliphatic heterocycles. The van der Waals surface area contributed by atoms with E-state index < -0.39 is 0 Å². The Labute approximate surface area is 181 Å². The molecule has 30 heavy (non-hydrogen) atoms. The Kier molecular flexibility index (Phi) is 8.84. The number of hydrogen-bond acceptors (Lipinski definition) is 5. The number of hydrogen-bond donors (Lipinski definition) is 1. The lowest BCUT2D eigenvalue weighted by atomic mass is 10.0. The molecule has 0 amide bonds. The molecule has 2 aromatic carbocycles. The summed E-state index contributed by atoms with van der Waals surface area (Å²) in [6, 6.07) is 16.7. The number of para-hydroxylation sites is 4. The number of benzene rings is 2. The maximum Gasteiger partial charge on any atom is 0.169 e. The van der Waals surface area contributed by atoms with E-state index in [2.05, 4.69) is 24.2 Å². The van der Waals surface area contributed by atoms with Gasteiger partial charge in [-0.2, -0.15) is 0 Å². The van der Waals surface area contributed by atoms with E-state index in [0.717, 1.165) is 24.3 Å². The Bertz CT molecular complexity index is 768. The second-order valence-corrected chi connectivity index (χ2v) is 8.09. The van der Waals surface area contributed by atoms with Crippen LogP contribution >= 0.6 is 0 Å². The molecule has 0 bridgehead atoms. The zero-order valence-corrected chi connectivity index (χ0v) is 18.6. The highest BCUT2D eigenvalue weighted by atomic mass is 16.5. The summed E-state index contributed by atoms with van der Waals surface area (Å²) in [5, 5.41) is 3.23. The highest BCUT2D eigenvalue weighted by Gasteiger charge is 2.19. The summed E-state index contributed by atoms with van der Waals surface area (Å²) >= 11 is 0. The molecule has 1 fully saturated rings. The van der Waals surface area contributed by atoms with Gasteiger partial charge in [-0.3, -0.25) is 0 Å². The van der Waals surface area contributed by atoms with Gasteiger partial charge in [0, 0.05) is 12.1 Å². The van der Waals surface area contributed by atoms with Crippen molar-refractivity contribution in [3.05, 3.63) is 48.5 Å². The Hall–Kier alpha value is -2.24. The second-order valence-electron chi connectivity index (χ2n) is 8.09. The Morgan fingerprint density at radius 3 is 2.13 bits per heavy atom. The first-order valence-corrected chi connectivity index (χ1v) is 11.2. The molecule has 2 unspecified atom stereocenters. The predicted molar refractivity (Wildman–Crippen MR) is 122 cm³/mol. The molecule has 3 rings (SSSR count). The van der Waals surface area contributed by atoms with Gasteiger partial charge in [0.05, 0.1) is 13.2 Å². The molecule has 5 heteroatoms. The maximum atomic E-state index is 6.21. The van der Waals surface area contributed by atoms with Crippen molar-refractivity contribution in [1.29, 1.82) is 0 Å². The van der Waals surface area contributed by atoms with Crippen molar-refractivity contribution < 1.29 is 14.2 Å². The molecule has 1 heterocycles. The first kappa shape index (κ1) is 22.4. The molecule has 0 spiro atoms. The second kappa shape index (κ2) is 11.8. The molecule has 1 aliphatic rings. The summed E-state index contributed by atoms with van der Waals surface area (Å²) in [4.78, 5) is 2.46. The smallest absolute Gasteiger partial charge is 0.169 e. The number of piperidine rings is 1. The van der Waals surface area contributed by atoms with Crippen molar-refractivity contribution >= 4 is 0 Å². The van der Waals surface area contributed by atoms with Gasteiger partial charge in [0.1, 0.15) is 0 Å². The standard InChI is InChI=1S/C25H36N2O3/c1-20(26-2)15-18-28-22-11-4-6-13-24(22)30-25-14-7-5-12-23(25)29-19-16-21-10-8-9-17-27(21)3/h4-7,11-14,20-21,26H,8-10,15-19H2,1-3H3. The lowest BCUT2D eigenvalue weighted by Gasteiger charge is -2.32. The van der Waals surface area contributed by atoms with E-state index in [9.17, 15) is 0 Å². The topological polar surface area (TPSA) is 43.0 Å². The van der Waals surface area contributed by atoms with Crippen molar-refractivity contribution in [2.75, 3.05) is 33.9 Å². The van der Waals surface area contributed by atoms with Crippen LogP contribution in [0.4, 0.5) is 0 Å². The number of nitrogens with one attached hydrogen (secondary N) is 1. The summed E-state index contributed by atoms with van der Waals surface area (Å²) in [5.74, 6) is 2.95. The van der Waals surface area contributed by atoms with E-state index in [0.29, 0.717) is 36.8 Å². The summed E-state index contributed by atoms with van der Waals surface area (Å²) in [6.07, 6.45) is 5.85. The normalized spacial score (nSPS) is 18.0. The van der Waals surface area contributed by atoms with Crippen LogP contribution in [-0.4, -0.2) is 50.8 Å². The fraction of sp³-hybridized carbons (Fsp3) is 0.520. The van der Waals surface area contributed by atoms with Crippen LogP contribution in [0.25, 0.3) is 0 Å². The predicted octanol–water partition coefficient (Wildman–Crippen LogP) is 5.11. The summed E-state index contributed by atoms with van der Waals surface area (Å²) < 4.78 is 18.3. The molecule has 164 valence electrons. The molecule has 2 atom stereocenters. The van der Waals surface area contributed by atoms with Gasteiger partial charge in [0.15, 0.2) is 23.0 Å². The first-order valence-electron chi connectivity index (χ1n) is 11.2. The molecule has 0 radical (unpaired) electrons. The van der Waals surface area contributed by atoms with Crippen LogP contribution in [0, 0.1) is 0 Å². The first-order chi connectivity index (χ1) is 14.7. The minimum Gasteiger partial charge on any atom is -0.490 e. The quantitative estimate of drug-likeness (QED) is 0.556. The van der Waals surface area contributed by atoms with Crippen LogP contribution in [0.2, 0.25) is 0 Å². The molecule has 0 aliphatic carbocycles. The third-order valence-corrected chi connectivity index (χ3v) is 5.85. The van der Waals surface area contributed by atoms with Gasteiger partial charge >= 0.3 is 0 Å². The highest BCUT2D eigenvalue weighted by molar-refractivity contribution is 5.47. The number of rotatable bonds is 11. The lowest BCUT2D eigenvalue weighted by Crippen LogP contribution is -2.37. The van der Waals surface area contributed by atoms with Crippen molar-refractivity contribution in [3.63, 3.8) is 0 Å². The number of nitrogens with zero attached hydrogens (tertiary/aromatic N) is 1. The number of ether oxygens (including phenoxy) is 3. The molecular formula is C25H36N2O3. The fourth-order valence-electron chi connectivity index (χ4n) is 3.73. The van der Waals surface area contributed by atoms with Gasteiger partial charge in [0.25, 0.3) is 0 Å². The zero-order valence-electron chi connectivity index (χ0n) is 18.6. The van der Waals surface area contributed by atoms with E-state index in [1.54, 1.807) is 0 Å². The summed E-state index contributed by atoms with van der Waals surface area (Å²) in [6.45, 7) is 4.66. The van der Waals surface area contributed by atoms with Crippen LogP contribution < -0.4 is 19.5 Å². The largest absolute Gasteiger partial charge is 0.490 e. The average Bonchev–Trinajstić information content (AvgIpc) is 2.77. The van der Waals surface area contributed by atoms with Crippen LogP contribution in [0.3, 0.4) is 0 Å². The third-order valence-electron chi connectivity index (χ3n) is 5.85. The van der Waals surface area contributed by atoms with Gasteiger partial charge in [-0.05, 0) is 77.5 Å². The maximum absolute atomic E-state index is 6.21. The monoisotopic (exact) mass is 412 g/mol. The molecule has 0 saturated carbocycles. The number of likely N-dealkylation sites (tertiary alicyclic amines) is 1. The van der Waals surface area contributed by atoms with Crippen molar-refractivity contribution in [1.82, 2.24) is 10.2 Å². The molecular weight excluding hydrogens is 376 g/mol. The Balaban J connectivity index is 1.59. The molecule has 2 aromatic rings. The van der Waals surface area contributed by atoms with Gasteiger partial charge in [-0.25, -0.2) is 0 Å². The van der Waals surface area contributed by atoms with E-state index in [1.807, 2.05) is 55.6 Å². The SMILES string of the molecule is CNC(C)CCOc1ccccc1Oc1ccccc1OCCC1CCCCN1C. The van der Waals surface area contributed by atoms with Gasteiger partial charge in [-0.15, -0.1) is 0 Å². The highest BCUT2D eigenvalue weighted by Crippen LogP contribution is 2.36. The van der Waals surface area contributed by atoms with Crippen LogP contribution in [0.1, 0.15) is 39.0 Å². The van der Waals surface area contributed by atoms with E-state index in [-0.39, 0.29) is 0 Å². The Morgan fingerprint density at radius 1 is 0.933 bits per heavy atom. The summed E-state index contributed by atoms with van der Waals surface area (Å²) in [5.41, 5.74) is 0. The van der Waals surface area contributed by atoms with Crippen LogP contribution in [-0.2, 0) is 0 Å². The lowest BCUT2D eigenvalue weighted by molar-refractivity contribution is 0.152. The molecule has 1 saturated heterocycles. The minimum atomic E-state index is 0.412. The van der Waals surface area contributed by atoms with Gasteiger partial charge in [0.2, 0.25) is 0 Å². The van der Waals surface area contributed by atoms with Crippen molar-refractivity contribution in [2.45, 2.75) is 51.1 Å².